The minimum absolute atomic E-state index is 0.00922. The van der Waals surface area contributed by atoms with E-state index >= 15 is 0 Å². The first-order chi connectivity index (χ1) is 14.1. The van der Waals surface area contributed by atoms with Crippen LogP contribution in [-0.2, 0) is 33.4 Å². The van der Waals surface area contributed by atoms with E-state index in [0.29, 0.717) is 0 Å². The first kappa shape index (κ1) is 23.1. The molecular weight excluding hydrogens is 420 g/mol. The van der Waals surface area contributed by atoms with Crippen LogP contribution in [0.5, 0.6) is 0 Å². The van der Waals surface area contributed by atoms with E-state index in [9.17, 15) is 29.4 Å². The number of carbonyl (C=O) groups is 4. The van der Waals surface area contributed by atoms with Gasteiger partial charge in [-0.05, 0) is 6.92 Å². The van der Waals surface area contributed by atoms with E-state index in [0.717, 1.165) is 16.7 Å². The predicted molar refractivity (Wildman–Crippen MR) is 102 cm³/mol. The molecule has 0 radical (unpaired) electrons. The van der Waals surface area contributed by atoms with Gasteiger partial charge in [-0.1, -0.05) is 0 Å². The minimum atomic E-state index is -1.37. The molecule has 1 unspecified atom stereocenters. The number of Topliss-reactive ketones (excluding diaryl/α,β-unsaturated/α-hetero) is 1. The molecule has 3 aliphatic heterocycles. The number of nitrogens with zero attached hydrogens (tertiary/aromatic N) is 1. The quantitative estimate of drug-likeness (QED) is 0.263. The Morgan fingerprint density at radius 3 is 2.73 bits per heavy atom. The number of aliphatic hydroxyl groups excluding tert-OH is 2. The molecule has 3 aliphatic rings. The molecule has 30 heavy (non-hydrogen) atoms. The van der Waals surface area contributed by atoms with E-state index in [1.54, 1.807) is 0 Å². The third kappa shape index (κ3) is 4.68. The van der Waals surface area contributed by atoms with Gasteiger partial charge in [0.05, 0.1) is 37.4 Å². The maximum absolute atomic E-state index is 12.3. The average Bonchev–Trinajstić information content (AvgIpc) is 3.20. The van der Waals surface area contributed by atoms with E-state index < -0.39 is 41.3 Å². The average molecular weight is 446 g/mol. The number of imide groups is 1. The molecule has 3 saturated heterocycles. The van der Waals surface area contributed by atoms with Crippen LogP contribution in [0.2, 0.25) is 0 Å². The van der Waals surface area contributed by atoms with E-state index in [2.05, 4.69) is 5.32 Å². The number of aliphatic hydroxyl groups is 2. The molecule has 168 valence electrons. The molecule has 11 nitrogen and oxygen atoms in total. The summed E-state index contributed by atoms with van der Waals surface area (Å²) in [5.74, 6) is -0.954. The summed E-state index contributed by atoms with van der Waals surface area (Å²) in [4.78, 5) is 47.9. The topological polar surface area (TPSA) is 152 Å². The lowest BCUT2D eigenvalue weighted by molar-refractivity contribution is -0.237. The molecule has 3 N–H and O–H groups in total. The van der Waals surface area contributed by atoms with Gasteiger partial charge in [-0.2, -0.15) is 0 Å². The highest BCUT2D eigenvalue weighted by Gasteiger charge is 2.59. The highest BCUT2D eigenvalue weighted by atomic mass is 32.2. The zero-order chi connectivity index (χ0) is 22.1. The number of fused-ring (bicyclic) bond motifs is 2. The fourth-order valence-corrected chi connectivity index (χ4v) is 4.68. The summed E-state index contributed by atoms with van der Waals surface area (Å²) in [6, 6.07) is -0.905. The molecule has 3 rings (SSSR count). The monoisotopic (exact) mass is 446 g/mol. The first-order valence-electron chi connectivity index (χ1n) is 9.60. The van der Waals surface area contributed by atoms with Crippen LogP contribution in [0.1, 0.15) is 20.3 Å². The van der Waals surface area contributed by atoms with Crippen molar-refractivity contribution in [2.45, 2.75) is 55.7 Å². The molecule has 0 aromatic heterocycles. The summed E-state index contributed by atoms with van der Waals surface area (Å²) >= 11 is 1.15. The van der Waals surface area contributed by atoms with E-state index in [1.807, 2.05) is 0 Å². The van der Waals surface area contributed by atoms with Crippen LogP contribution >= 0.6 is 11.8 Å². The molecule has 3 amide bonds. The minimum Gasteiger partial charge on any atom is -0.388 e. The maximum Gasteiger partial charge on any atom is 0.242 e. The van der Waals surface area contributed by atoms with Crippen LogP contribution in [0.4, 0.5) is 0 Å². The van der Waals surface area contributed by atoms with Crippen molar-refractivity contribution in [3.8, 4) is 0 Å². The molecule has 0 aromatic rings. The Balaban J connectivity index is 1.49. The van der Waals surface area contributed by atoms with Crippen LogP contribution in [0.15, 0.2) is 0 Å². The number of rotatable bonds is 9. The zero-order valence-corrected chi connectivity index (χ0v) is 17.6. The number of nitrogens with one attached hydrogen (secondary N) is 1. The number of thioether (sulfide) groups is 1. The van der Waals surface area contributed by atoms with Gasteiger partial charge in [-0.15, -0.1) is 11.8 Å². The van der Waals surface area contributed by atoms with Gasteiger partial charge in [0.2, 0.25) is 17.7 Å². The van der Waals surface area contributed by atoms with Crippen LogP contribution in [0.25, 0.3) is 0 Å². The molecule has 0 aliphatic carbocycles. The summed E-state index contributed by atoms with van der Waals surface area (Å²) in [5, 5.41) is 22.8. The van der Waals surface area contributed by atoms with Gasteiger partial charge < -0.3 is 29.7 Å². The Morgan fingerprint density at radius 1 is 1.33 bits per heavy atom. The third-order valence-electron chi connectivity index (χ3n) is 5.23. The number of hydrogen-bond acceptors (Lipinski definition) is 10. The third-order valence-corrected chi connectivity index (χ3v) is 6.58. The summed E-state index contributed by atoms with van der Waals surface area (Å²) in [5.41, 5.74) is -1.31. The van der Waals surface area contributed by atoms with Crippen LogP contribution in [-0.4, -0.2) is 106 Å². The van der Waals surface area contributed by atoms with Gasteiger partial charge in [0.1, 0.15) is 29.6 Å². The van der Waals surface area contributed by atoms with Crippen molar-refractivity contribution in [2.75, 3.05) is 32.1 Å². The highest BCUT2D eigenvalue weighted by Crippen LogP contribution is 2.37. The van der Waals surface area contributed by atoms with Gasteiger partial charge in [0, 0.05) is 13.3 Å². The Morgan fingerprint density at radius 2 is 2.07 bits per heavy atom. The molecule has 2 bridgehead atoms. The summed E-state index contributed by atoms with van der Waals surface area (Å²) in [7, 11) is 0. The van der Waals surface area contributed by atoms with Crippen LogP contribution < -0.4 is 5.32 Å². The van der Waals surface area contributed by atoms with Crippen molar-refractivity contribution >= 4 is 35.3 Å². The number of ketones is 1. The van der Waals surface area contributed by atoms with Gasteiger partial charge in [-0.3, -0.25) is 24.1 Å². The predicted octanol–water partition coefficient (Wildman–Crippen LogP) is -2.20. The first-order valence-corrected chi connectivity index (χ1v) is 10.6. The number of likely N-dealkylation sites (tertiary alicyclic amines) is 1. The van der Waals surface area contributed by atoms with Crippen LogP contribution in [0.3, 0.4) is 0 Å². The number of hydrogen-bond donors (Lipinski definition) is 3. The molecule has 0 saturated carbocycles. The molecule has 0 aromatic carbocycles. The Bertz CT molecular complexity index is 720. The molecular formula is C18H26N2O9S. The van der Waals surface area contributed by atoms with Gasteiger partial charge in [0.15, 0.2) is 6.29 Å². The normalized spacial score (nSPS) is 35.7. The van der Waals surface area contributed by atoms with Crippen molar-refractivity contribution in [2.24, 2.45) is 0 Å². The number of amides is 3. The fourth-order valence-electron chi connectivity index (χ4n) is 3.71. The Kier molecular flexibility index (Phi) is 7.15. The largest absolute Gasteiger partial charge is 0.388 e. The number of carbonyl (C=O) groups excluding carboxylic acids is 4. The van der Waals surface area contributed by atoms with Crippen molar-refractivity contribution < 1.29 is 43.6 Å². The Hall–Kier alpha value is -1.57. The van der Waals surface area contributed by atoms with E-state index in [4.69, 9.17) is 14.2 Å². The summed E-state index contributed by atoms with van der Waals surface area (Å²) in [6.45, 7) is 2.57. The number of ether oxygens (including phenoxy) is 3. The van der Waals surface area contributed by atoms with Gasteiger partial charge in [0.25, 0.3) is 0 Å². The van der Waals surface area contributed by atoms with Gasteiger partial charge >= 0.3 is 0 Å². The lowest BCUT2D eigenvalue weighted by Crippen LogP contribution is -2.66. The lowest BCUT2D eigenvalue weighted by atomic mass is 9.88. The second-order valence-electron chi connectivity index (χ2n) is 7.67. The second-order valence-corrected chi connectivity index (χ2v) is 8.86. The summed E-state index contributed by atoms with van der Waals surface area (Å²) < 4.78 is 16.7. The van der Waals surface area contributed by atoms with Crippen molar-refractivity contribution in [3.05, 3.63) is 0 Å². The Labute approximate surface area is 177 Å². The van der Waals surface area contributed by atoms with Crippen molar-refractivity contribution in [1.82, 2.24) is 10.2 Å². The maximum atomic E-state index is 12.3. The standard InChI is InChI=1S/C18H26N2O9S/c1-9(21)6-30-11-5-12(23)20(16(11)26)3-4-27-7-18-8-28-17(29-18)13(19-10(2)22)14(24)15(18)25/h11,13-15,17,24-25H,3-8H2,1-2H3,(H,19,22)/t11?,13-,14+,15+,17-,18-/m0/s1. The lowest BCUT2D eigenvalue weighted by Gasteiger charge is -2.42. The molecule has 6 atom stereocenters. The molecule has 3 fully saturated rings. The summed E-state index contributed by atoms with van der Waals surface area (Å²) in [6.07, 6.45) is -3.54. The van der Waals surface area contributed by atoms with E-state index in [1.165, 1.54) is 13.8 Å². The second kappa shape index (κ2) is 9.28. The molecule has 0 spiro atoms. The smallest absolute Gasteiger partial charge is 0.242 e. The SMILES string of the molecule is CC(=O)CSC1CC(=O)N(CCOC[C@@]23CO[C@@H](O2)[C@@H](NC(C)=O)[C@@H](O)[C@H]3O)C1=O. The zero-order valence-electron chi connectivity index (χ0n) is 16.7. The molecule has 12 heteroatoms. The van der Waals surface area contributed by atoms with Crippen LogP contribution in [0, 0.1) is 0 Å². The van der Waals surface area contributed by atoms with Crippen molar-refractivity contribution in [3.63, 3.8) is 0 Å². The van der Waals surface area contributed by atoms with Crippen molar-refractivity contribution in [1.29, 1.82) is 0 Å². The van der Waals surface area contributed by atoms with E-state index in [-0.39, 0.29) is 56.1 Å². The fraction of sp³-hybridized carbons (Fsp3) is 0.778. The highest BCUT2D eigenvalue weighted by molar-refractivity contribution is 8.01. The van der Waals surface area contributed by atoms with Gasteiger partial charge in [-0.25, -0.2) is 0 Å². The molecule has 3 heterocycles.